The van der Waals surface area contributed by atoms with Gasteiger partial charge in [-0.1, -0.05) is 37.3 Å². The standard InChI is InChI=1S/C13H17N5/c1-3-9-14-17-13-15-10(2)12(16-18-13)11-7-5-4-6-8-11/h4-10H,3H2,1-2H3,(H2,15,17,18)/b14-9+. The van der Waals surface area contributed by atoms with E-state index in [1.807, 2.05) is 44.2 Å². The maximum absolute atomic E-state index is 4.46. The van der Waals surface area contributed by atoms with Crippen LogP contribution < -0.4 is 10.9 Å². The Kier molecular flexibility index (Phi) is 4.06. The van der Waals surface area contributed by atoms with Crippen LogP contribution in [0.2, 0.25) is 0 Å². The number of rotatable bonds is 3. The largest absolute Gasteiger partial charge is 0.246 e. The van der Waals surface area contributed by atoms with Gasteiger partial charge in [0, 0.05) is 6.21 Å². The van der Waals surface area contributed by atoms with Crippen molar-refractivity contribution >= 4 is 17.9 Å². The minimum absolute atomic E-state index is 0.00739. The van der Waals surface area contributed by atoms with Gasteiger partial charge in [0.2, 0.25) is 5.96 Å². The Morgan fingerprint density at radius 2 is 2.17 bits per heavy atom. The summed E-state index contributed by atoms with van der Waals surface area (Å²) in [6, 6.07) is 10.0. The molecule has 0 bridgehead atoms. The highest BCUT2D eigenvalue weighted by molar-refractivity contribution is 6.07. The number of hydrogen-bond donors (Lipinski definition) is 2. The van der Waals surface area contributed by atoms with Crippen molar-refractivity contribution in [2.75, 3.05) is 0 Å². The second-order valence-corrected chi connectivity index (χ2v) is 3.96. The van der Waals surface area contributed by atoms with E-state index in [-0.39, 0.29) is 6.04 Å². The first-order valence-corrected chi connectivity index (χ1v) is 6.05. The molecule has 1 aromatic carbocycles. The molecule has 0 spiro atoms. The SMILES string of the molecule is CC/C=N/NC1=NC(C)C(c2ccccc2)=NN1. The van der Waals surface area contributed by atoms with Crippen molar-refractivity contribution in [3.63, 3.8) is 0 Å². The Bertz CT molecular complexity index is 475. The van der Waals surface area contributed by atoms with Crippen LogP contribution in [-0.4, -0.2) is 23.9 Å². The minimum atomic E-state index is 0.00739. The van der Waals surface area contributed by atoms with Crippen LogP contribution in [-0.2, 0) is 0 Å². The summed E-state index contributed by atoms with van der Waals surface area (Å²) in [5, 5.41) is 8.35. The van der Waals surface area contributed by atoms with Gasteiger partial charge in [-0.3, -0.25) is 0 Å². The quantitative estimate of drug-likeness (QED) is 0.627. The van der Waals surface area contributed by atoms with Crippen LogP contribution in [0.15, 0.2) is 45.5 Å². The van der Waals surface area contributed by atoms with E-state index in [2.05, 4.69) is 26.0 Å². The number of hydrogen-bond acceptors (Lipinski definition) is 5. The van der Waals surface area contributed by atoms with E-state index in [0.717, 1.165) is 17.7 Å². The zero-order valence-electron chi connectivity index (χ0n) is 10.6. The Morgan fingerprint density at radius 1 is 1.39 bits per heavy atom. The number of aliphatic imine (C=N–C) groups is 1. The van der Waals surface area contributed by atoms with Gasteiger partial charge in [0.25, 0.3) is 0 Å². The number of nitrogens with zero attached hydrogens (tertiary/aromatic N) is 3. The summed E-state index contributed by atoms with van der Waals surface area (Å²) >= 11 is 0. The minimum Gasteiger partial charge on any atom is -0.246 e. The van der Waals surface area contributed by atoms with Crippen LogP contribution in [0.25, 0.3) is 0 Å². The van der Waals surface area contributed by atoms with Crippen molar-refractivity contribution in [3.8, 4) is 0 Å². The van der Waals surface area contributed by atoms with Crippen LogP contribution in [0.3, 0.4) is 0 Å². The number of benzene rings is 1. The third-order valence-electron chi connectivity index (χ3n) is 2.51. The maximum Gasteiger partial charge on any atom is 0.233 e. The van der Waals surface area contributed by atoms with Gasteiger partial charge in [-0.15, -0.1) is 0 Å². The van der Waals surface area contributed by atoms with Gasteiger partial charge in [-0.05, 0) is 18.9 Å². The molecule has 1 heterocycles. The third kappa shape index (κ3) is 2.94. The zero-order valence-corrected chi connectivity index (χ0v) is 10.6. The monoisotopic (exact) mass is 243 g/mol. The van der Waals surface area contributed by atoms with Crippen molar-refractivity contribution in [1.82, 2.24) is 10.9 Å². The van der Waals surface area contributed by atoms with Gasteiger partial charge in [-0.2, -0.15) is 10.2 Å². The lowest BCUT2D eigenvalue weighted by atomic mass is 10.0. The molecule has 0 aliphatic carbocycles. The van der Waals surface area contributed by atoms with Crippen LogP contribution in [0, 0.1) is 0 Å². The van der Waals surface area contributed by atoms with E-state index in [4.69, 9.17) is 0 Å². The van der Waals surface area contributed by atoms with E-state index >= 15 is 0 Å². The van der Waals surface area contributed by atoms with E-state index < -0.39 is 0 Å². The van der Waals surface area contributed by atoms with Crippen molar-refractivity contribution < 1.29 is 0 Å². The first kappa shape index (κ1) is 12.3. The molecule has 1 aliphatic heterocycles. The summed E-state index contributed by atoms with van der Waals surface area (Å²) in [6.45, 7) is 4.04. The molecule has 1 unspecified atom stereocenters. The molecule has 0 saturated carbocycles. The third-order valence-corrected chi connectivity index (χ3v) is 2.51. The topological polar surface area (TPSA) is 61.1 Å². The number of guanidine groups is 1. The smallest absolute Gasteiger partial charge is 0.233 e. The molecule has 0 radical (unpaired) electrons. The predicted molar refractivity (Wildman–Crippen MR) is 74.9 cm³/mol. The van der Waals surface area contributed by atoms with E-state index in [0.29, 0.717) is 5.96 Å². The molecular weight excluding hydrogens is 226 g/mol. The van der Waals surface area contributed by atoms with E-state index in [1.165, 1.54) is 0 Å². The van der Waals surface area contributed by atoms with Crippen molar-refractivity contribution in [1.29, 1.82) is 0 Å². The Balaban J connectivity index is 2.05. The second-order valence-electron chi connectivity index (χ2n) is 3.96. The highest BCUT2D eigenvalue weighted by atomic mass is 15.5. The van der Waals surface area contributed by atoms with Crippen molar-refractivity contribution in [2.45, 2.75) is 26.3 Å². The van der Waals surface area contributed by atoms with Gasteiger partial charge < -0.3 is 0 Å². The van der Waals surface area contributed by atoms with Gasteiger partial charge in [-0.25, -0.2) is 15.8 Å². The molecule has 18 heavy (non-hydrogen) atoms. The van der Waals surface area contributed by atoms with Crippen molar-refractivity contribution in [2.24, 2.45) is 15.2 Å². The van der Waals surface area contributed by atoms with Gasteiger partial charge in [0.15, 0.2) is 0 Å². The zero-order chi connectivity index (χ0) is 12.8. The normalized spacial score (nSPS) is 19.1. The Labute approximate surface area is 107 Å². The van der Waals surface area contributed by atoms with E-state index in [9.17, 15) is 0 Å². The Morgan fingerprint density at radius 3 is 2.83 bits per heavy atom. The molecule has 1 aromatic rings. The molecule has 94 valence electrons. The molecule has 1 atom stereocenters. The molecule has 0 aromatic heterocycles. The van der Waals surface area contributed by atoms with Gasteiger partial charge >= 0.3 is 0 Å². The summed E-state index contributed by atoms with van der Waals surface area (Å²) in [5.41, 5.74) is 7.71. The average Bonchev–Trinajstić information content (AvgIpc) is 2.40. The lowest BCUT2D eigenvalue weighted by Gasteiger charge is -2.18. The Hall–Kier alpha value is -2.17. The first-order chi connectivity index (χ1) is 8.81. The summed E-state index contributed by atoms with van der Waals surface area (Å²) in [7, 11) is 0. The highest BCUT2D eigenvalue weighted by Crippen LogP contribution is 2.09. The summed E-state index contributed by atoms with van der Waals surface area (Å²) in [6.07, 6.45) is 2.67. The van der Waals surface area contributed by atoms with Crippen LogP contribution in [0.5, 0.6) is 0 Å². The molecular formula is C13H17N5. The fraction of sp³-hybridized carbons (Fsp3) is 0.308. The highest BCUT2D eigenvalue weighted by Gasteiger charge is 2.17. The first-order valence-electron chi connectivity index (χ1n) is 6.05. The molecule has 0 amide bonds. The average molecular weight is 243 g/mol. The molecule has 2 rings (SSSR count). The molecule has 2 N–H and O–H groups in total. The lowest BCUT2D eigenvalue weighted by molar-refractivity contribution is 0.810. The predicted octanol–water partition coefficient (Wildman–Crippen LogP) is 1.72. The molecule has 5 heteroatoms. The van der Waals surface area contributed by atoms with Gasteiger partial charge in [0.1, 0.15) is 0 Å². The summed E-state index contributed by atoms with van der Waals surface area (Å²) in [4.78, 5) is 4.46. The fourth-order valence-electron chi connectivity index (χ4n) is 1.66. The maximum atomic E-state index is 4.46. The molecule has 0 fully saturated rings. The molecule has 1 aliphatic rings. The molecule has 5 nitrogen and oxygen atoms in total. The van der Waals surface area contributed by atoms with Crippen LogP contribution >= 0.6 is 0 Å². The molecule has 0 saturated heterocycles. The number of nitrogens with one attached hydrogen (secondary N) is 2. The lowest BCUT2D eigenvalue weighted by Crippen LogP contribution is -2.39. The van der Waals surface area contributed by atoms with Crippen LogP contribution in [0.4, 0.5) is 0 Å². The van der Waals surface area contributed by atoms with E-state index in [1.54, 1.807) is 6.21 Å². The summed E-state index contributed by atoms with van der Waals surface area (Å²) in [5.74, 6) is 0.576. The fourth-order valence-corrected chi connectivity index (χ4v) is 1.66. The van der Waals surface area contributed by atoms with Gasteiger partial charge in [0.05, 0.1) is 11.8 Å². The van der Waals surface area contributed by atoms with Crippen molar-refractivity contribution in [3.05, 3.63) is 35.9 Å². The summed E-state index contributed by atoms with van der Waals surface area (Å²) < 4.78 is 0. The second kappa shape index (κ2) is 5.95. The number of hydrazone groups is 2. The van der Waals surface area contributed by atoms with Crippen LogP contribution in [0.1, 0.15) is 25.8 Å².